The van der Waals surface area contributed by atoms with Crippen molar-refractivity contribution in [2.75, 3.05) is 19.8 Å². The summed E-state index contributed by atoms with van der Waals surface area (Å²) in [6, 6.07) is 0.334. The first-order chi connectivity index (χ1) is 6.84. The highest BCUT2D eigenvalue weighted by atomic mass is 16.5. The summed E-state index contributed by atoms with van der Waals surface area (Å²) >= 11 is 0. The van der Waals surface area contributed by atoms with Gasteiger partial charge in [0.1, 0.15) is 0 Å². The molecule has 14 heavy (non-hydrogen) atoms. The van der Waals surface area contributed by atoms with Crippen molar-refractivity contribution < 1.29 is 9.84 Å². The summed E-state index contributed by atoms with van der Waals surface area (Å²) in [6.45, 7) is 4.79. The average Bonchev–Trinajstić information content (AvgIpc) is 2.58. The molecule has 2 atom stereocenters. The second-order valence-corrected chi connectivity index (χ2v) is 4.02. The lowest BCUT2D eigenvalue weighted by atomic mass is 10.2. The molecule has 2 unspecified atom stereocenters. The lowest BCUT2D eigenvalue weighted by Crippen LogP contribution is -2.36. The highest BCUT2D eigenvalue weighted by molar-refractivity contribution is 4.82. The fraction of sp³-hybridized carbons (Fsp3) is 1.00. The summed E-state index contributed by atoms with van der Waals surface area (Å²) in [7, 11) is 0. The van der Waals surface area contributed by atoms with Gasteiger partial charge in [-0.3, -0.25) is 0 Å². The maximum atomic E-state index is 9.54. The van der Waals surface area contributed by atoms with Crippen LogP contribution >= 0.6 is 0 Å². The van der Waals surface area contributed by atoms with Crippen LogP contribution in [0.25, 0.3) is 0 Å². The molecular formula is C11H23NO2. The van der Waals surface area contributed by atoms with Crippen LogP contribution in [-0.2, 0) is 4.74 Å². The van der Waals surface area contributed by atoms with Crippen LogP contribution < -0.4 is 5.32 Å². The van der Waals surface area contributed by atoms with E-state index in [1.54, 1.807) is 0 Å². The molecule has 3 heteroatoms. The zero-order valence-electron chi connectivity index (χ0n) is 9.17. The van der Waals surface area contributed by atoms with E-state index < -0.39 is 0 Å². The van der Waals surface area contributed by atoms with Crippen LogP contribution in [0, 0.1) is 0 Å². The van der Waals surface area contributed by atoms with Crippen molar-refractivity contribution in [3.05, 3.63) is 0 Å². The van der Waals surface area contributed by atoms with Gasteiger partial charge in [0.15, 0.2) is 0 Å². The molecule has 0 spiro atoms. The summed E-state index contributed by atoms with van der Waals surface area (Å²) < 4.78 is 5.37. The van der Waals surface area contributed by atoms with Gasteiger partial charge in [-0.15, -0.1) is 0 Å². The molecule has 2 N–H and O–H groups in total. The molecule has 0 saturated heterocycles. The molecule has 0 bridgehead atoms. The summed E-state index contributed by atoms with van der Waals surface area (Å²) in [6.07, 6.45) is 5.26. The lowest BCUT2D eigenvalue weighted by molar-refractivity contribution is 0.124. The Labute approximate surface area is 86.8 Å². The van der Waals surface area contributed by atoms with E-state index in [2.05, 4.69) is 12.2 Å². The Hall–Kier alpha value is -0.120. The molecule has 1 aliphatic rings. The minimum absolute atomic E-state index is 0.119. The summed E-state index contributed by atoms with van der Waals surface area (Å²) in [5, 5.41) is 12.9. The molecule has 0 radical (unpaired) electrons. The van der Waals surface area contributed by atoms with Gasteiger partial charge in [0.05, 0.1) is 6.10 Å². The average molecular weight is 201 g/mol. The van der Waals surface area contributed by atoms with Crippen molar-refractivity contribution in [2.45, 2.75) is 51.2 Å². The Morgan fingerprint density at radius 2 is 2.21 bits per heavy atom. The predicted octanol–water partition coefficient (Wildman–Crippen LogP) is 1.31. The zero-order chi connectivity index (χ0) is 10.2. The lowest BCUT2D eigenvalue weighted by Gasteiger charge is -2.16. The van der Waals surface area contributed by atoms with Crippen molar-refractivity contribution in [2.24, 2.45) is 0 Å². The first-order valence-corrected chi connectivity index (χ1v) is 5.83. The number of aliphatic hydroxyl groups is 1. The van der Waals surface area contributed by atoms with Gasteiger partial charge in [-0.25, -0.2) is 0 Å². The smallest absolute Gasteiger partial charge is 0.0693 e. The van der Waals surface area contributed by atoms with E-state index in [-0.39, 0.29) is 6.10 Å². The molecule has 0 aromatic heterocycles. The fourth-order valence-electron chi connectivity index (χ4n) is 1.89. The Balaban J connectivity index is 1.88. The SMILES string of the molecule is CCCOCCCNC1CCCC1O. The van der Waals surface area contributed by atoms with Crippen molar-refractivity contribution in [3.8, 4) is 0 Å². The van der Waals surface area contributed by atoms with Gasteiger partial charge < -0.3 is 15.2 Å². The molecule has 0 amide bonds. The standard InChI is InChI=1S/C11H23NO2/c1-2-8-14-9-4-7-12-10-5-3-6-11(10)13/h10-13H,2-9H2,1H3. The Bertz CT molecular complexity index is 141. The Morgan fingerprint density at radius 3 is 2.86 bits per heavy atom. The van der Waals surface area contributed by atoms with Crippen molar-refractivity contribution >= 4 is 0 Å². The van der Waals surface area contributed by atoms with Gasteiger partial charge in [-0.05, 0) is 38.6 Å². The van der Waals surface area contributed by atoms with Crippen LogP contribution in [0.15, 0.2) is 0 Å². The third kappa shape index (κ3) is 4.40. The van der Waals surface area contributed by atoms with Crippen LogP contribution in [0.4, 0.5) is 0 Å². The van der Waals surface area contributed by atoms with Crippen LogP contribution in [-0.4, -0.2) is 37.0 Å². The molecule has 1 fully saturated rings. The first kappa shape index (κ1) is 12.0. The highest BCUT2D eigenvalue weighted by Crippen LogP contribution is 2.18. The maximum absolute atomic E-state index is 9.54. The summed E-state index contributed by atoms with van der Waals surface area (Å²) in [5.74, 6) is 0. The maximum Gasteiger partial charge on any atom is 0.0693 e. The quantitative estimate of drug-likeness (QED) is 0.610. The van der Waals surface area contributed by atoms with E-state index in [4.69, 9.17) is 4.74 Å². The van der Waals surface area contributed by atoms with E-state index in [1.807, 2.05) is 0 Å². The third-order valence-electron chi connectivity index (χ3n) is 2.70. The van der Waals surface area contributed by atoms with Crippen LogP contribution in [0.3, 0.4) is 0 Å². The molecule has 1 aliphatic carbocycles. The van der Waals surface area contributed by atoms with Gasteiger partial charge >= 0.3 is 0 Å². The van der Waals surface area contributed by atoms with Crippen molar-refractivity contribution in [3.63, 3.8) is 0 Å². The number of ether oxygens (including phenoxy) is 1. The predicted molar refractivity (Wildman–Crippen MR) is 57.4 cm³/mol. The van der Waals surface area contributed by atoms with Crippen molar-refractivity contribution in [1.29, 1.82) is 0 Å². The minimum Gasteiger partial charge on any atom is -0.392 e. The zero-order valence-corrected chi connectivity index (χ0v) is 9.17. The molecular weight excluding hydrogens is 178 g/mol. The van der Waals surface area contributed by atoms with Gasteiger partial charge in [0, 0.05) is 19.3 Å². The molecule has 0 aromatic carbocycles. The molecule has 0 aliphatic heterocycles. The number of nitrogens with one attached hydrogen (secondary N) is 1. The van der Waals surface area contributed by atoms with Gasteiger partial charge in [-0.2, -0.15) is 0 Å². The number of hydrogen-bond donors (Lipinski definition) is 2. The Morgan fingerprint density at radius 1 is 1.36 bits per heavy atom. The topological polar surface area (TPSA) is 41.5 Å². The van der Waals surface area contributed by atoms with Crippen LogP contribution in [0.1, 0.15) is 39.0 Å². The molecule has 0 heterocycles. The largest absolute Gasteiger partial charge is 0.392 e. The molecule has 3 nitrogen and oxygen atoms in total. The van der Waals surface area contributed by atoms with Crippen molar-refractivity contribution in [1.82, 2.24) is 5.32 Å². The van der Waals surface area contributed by atoms with E-state index in [1.165, 1.54) is 0 Å². The second kappa shape index (κ2) is 7.21. The van der Waals surface area contributed by atoms with E-state index >= 15 is 0 Å². The minimum atomic E-state index is -0.119. The van der Waals surface area contributed by atoms with E-state index in [9.17, 15) is 5.11 Å². The molecule has 1 saturated carbocycles. The van der Waals surface area contributed by atoms with E-state index in [0.717, 1.165) is 51.9 Å². The third-order valence-corrected chi connectivity index (χ3v) is 2.70. The molecule has 1 rings (SSSR count). The highest BCUT2D eigenvalue weighted by Gasteiger charge is 2.23. The monoisotopic (exact) mass is 201 g/mol. The van der Waals surface area contributed by atoms with Gasteiger partial charge in [-0.1, -0.05) is 6.92 Å². The first-order valence-electron chi connectivity index (χ1n) is 5.83. The number of hydrogen-bond acceptors (Lipinski definition) is 3. The fourth-order valence-corrected chi connectivity index (χ4v) is 1.89. The van der Waals surface area contributed by atoms with Gasteiger partial charge in [0.25, 0.3) is 0 Å². The van der Waals surface area contributed by atoms with Gasteiger partial charge in [0.2, 0.25) is 0 Å². The van der Waals surface area contributed by atoms with E-state index in [0.29, 0.717) is 6.04 Å². The van der Waals surface area contributed by atoms with Crippen LogP contribution in [0.2, 0.25) is 0 Å². The molecule has 0 aromatic rings. The second-order valence-electron chi connectivity index (χ2n) is 4.02. The van der Waals surface area contributed by atoms with Crippen LogP contribution in [0.5, 0.6) is 0 Å². The summed E-state index contributed by atoms with van der Waals surface area (Å²) in [5.41, 5.74) is 0. The molecule has 84 valence electrons. The Kier molecular flexibility index (Phi) is 6.15. The summed E-state index contributed by atoms with van der Waals surface area (Å²) in [4.78, 5) is 0. The number of rotatable bonds is 7. The normalized spacial score (nSPS) is 27.0. The number of aliphatic hydroxyl groups excluding tert-OH is 1.